The summed E-state index contributed by atoms with van der Waals surface area (Å²) in [7, 11) is -10.8. The van der Waals surface area contributed by atoms with E-state index in [0.717, 1.165) is 0 Å². The summed E-state index contributed by atoms with van der Waals surface area (Å²) in [6, 6.07) is 0. The fraction of sp³-hybridized carbons (Fsp3) is 0. The summed E-state index contributed by atoms with van der Waals surface area (Å²) in [5.74, 6) is 0. The quantitative estimate of drug-likeness (QED) is 0.313. The maximum absolute atomic E-state index is 8.55. The zero-order chi connectivity index (χ0) is 9.00. The smallest absolute Gasteiger partial charge is 0.822 e. The van der Waals surface area contributed by atoms with Crippen LogP contribution in [-0.4, -0.2) is 98.5 Å². The van der Waals surface area contributed by atoms with Crippen molar-refractivity contribution in [2.45, 2.75) is 0 Å². The molecular formula is Ca2MgO8P2. The second-order valence-electron chi connectivity index (χ2n) is 0.894. The summed E-state index contributed by atoms with van der Waals surface area (Å²) in [6.07, 6.45) is 0. The Kier molecular flexibility index (Phi) is 31.3. The summed E-state index contributed by atoms with van der Waals surface area (Å²) in [4.78, 5) is 51.3. The minimum atomic E-state index is -5.39. The molecule has 13 heavy (non-hydrogen) atoms. The zero-order valence-electron chi connectivity index (χ0n) is 6.28. The van der Waals surface area contributed by atoms with Crippen LogP contribution < -0.4 is 29.4 Å². The van der Waals surface area contributed by atoms with Gasteiger partial charge in [0.05, 0.1) is 0 Å². The summed E-state index contributed by atoms with van der Waals surface area (Å²) in [5.41, 5.74) is 0. The van der Waals surface area contributed by atoms with E-state index in [0.29, 0.717) is 0 Å². The van der Waals surface area contributed by atoms with Crippen LogP contribution in [0.25, 0.3) is 0 Å². The van der Waals surface area contributed by atoms with Crippen molar-refractivity contribution < 1.29 is 38.5 Å². The van der Waals surface area contributed by atoms with Crippen LogP contribution >= 0.6 is 15.6 Å². The average molecular weight is 294 g/mol. The Hall–Kier alpha value is 3.51. The molecule has 0 aliphatic rings. The molecule has 0 atom stereocenters. The third-order valence-electron chi connectivity index (χ3n) is 0. The summed E-state index contributed by atoms with van der Waals surface area (Å²) >= 11 is 0. The maximum Gasteiger partial charge on any atom is 2.00 e. The van der Waals surface area contributed by atoms with Crippen LogP contribution in [0.4, 0.5) is 0 Å². The number of phosphoric acid groups is 2. The van der Waals surface area contributed by atoms with Gasteiger partial charge in [-0.1, -0.05) is 0 Å². The van der Waals surface area contributed by atoms with Crippen LogP contribution in [0.5, 0.6) is 0 Å². The molecule has 0 aromatic rings. The molecule has 0 N–H and O–H groups in total. The molecule has 0 rings (SSSR count). The molecule has 64 valence electrons. The second kappa shape index (κ2) is 13.6. The van der Waals surface area contributed by atoms with E-state index in [1.165, 1.54) is 0 Å². The molecule has 0 unspecified atom stereocenters. The van der Waals surface area contributed by atoms with Crippen LogP contribution in [0.15, 0.2) is 0 Å². The molecule has 13 heteroatoms. The molecular weight excluding hydrogens is 294 g/mol. The summed E-state index contributed by atoms with van der Waals surface area (Å²) in [5, 5.41) is 0. The van der Waals surface area contributed by atoms with Gasteiger partial charge in [-0.25, -0.2) is 0 Å². The third-order valence-corrected chi connectivity index (χ3v) is 0. The third kappa shape index (κ3) is 230. The van der Waals surface area contributed by atoms with Crippen LogP contribution in [0.2, 0.25) is 0 Å². The van der Waals surface area contributed by atoms with Gasteiger partial charge < -0.3 is 38.5 Å². The largest absolute Gasteiger partial charge is 2.00 e. The van der Waals surface area contributed by atoms with E-state index >= 15 is 0 Å². The fourth-order valence-electron chi connectivity index (χ4n) is 0. The van der Waals surface area contributed by atoms with Gasteiger partial charge in [-0.2, -0.15) is 15.6 Å². The average Bonchev–Trinajstić information content (AvgIpc) is 1.12. The van der Waals surface area contributed by atoms with Gasteiger partial charge in [-0.05, 0) is 0 Å². The van der Waals surface area contributed by atoms with Crippen molar-refractivity contribution in [3.63, 3.8) is 0 Å². The standard InChI is InChI=1S/2Ca.Mg.2H3O4P/c;;;2*1-5(2,3)4/h;;;2*(H3,1,2,3,4)/q3*+2;;/p-6. The summed E-state index contributed by atoms with van der Waals surface area (Å²) < 4.78 is 17.1. The maximum atomic E-state index is 8.55. The first kappa shape index (κ1) is 30.0. The molecule has 0 fully saturated rings. The Bertz CT molecular complexity index is 132. The van der Waals surface area contributed by atoms with Gasteiger partial charge in [0.2, 0.25) is 0 Å². The van der Waals surface area contributed by atoms with Crippen molar-refractivity contribution in [1.29, 1.82) is 0 Å². The molecule has 0 radical (unpaired) electrons. The minimum Gasteiger partial charge on any atom is -0.822 e. The molecule has 0 amide bonds. The fourth-order valence-corrected chi connectivity index (χ4v) is 0. The SMILES string of the molecule is O=P([O-])([O-])[O-].O=P([O-])([O-])[O-].[Ca+2].[Ca+2].[Mg+2]. The Morgan fingerprint density at radius 3 is 0.615 bits per heavy atom. The Morgan fingerprint density at radius 2 is 0.615 bits per heavy atom. The van der Waals surface area contributed by atoms with E-state index in [-0.39, 0.29) is 98.5 Å². The van der Waals surface area contributed by atoms with Crippen molar-refractivity contribution in [3.05, 3.63) is 0 Å². The van der Waals surface area contributed by atoms with Crippen molar-refractivity contribution in [3.8, 4) is 0 Å². The molecule has 0 bridgehead atoms. The molecule has 0 spiro atoms. The van der Waals surface area contributed by atoms with Crippen LogP contribution in [0.1, 0.15) is 0 Å². The monoisotopic (exact) mass is 294 g/mol. The molecule has 0 saturated heterocycles. The zero-order valence-corrected chi connectivity index (χ0v) is 13.9. The van der Waals surface area contributed by atoms with Crippen molar-refractivity contribution in [2.24, 2.45) is 0 Å². The van der Waals surface area contributed by atoms with Crippen molar-refractivity contribution >= 4 is 114 Å². The van der Waals surface area contributed by atoms with Gasteiger partial charge in [0.15, 0.2) is 0 Å². The van der Waals surface area contributed by atoms with Gasteiger partial charge >= 0.3 is 98.5 Å². The minimum absolute atomic E-state index is 0. The van der Waals surface area contributed by atoms with Crippen molar-refractivity contribution in [2.75, 3.05) is 0 Å². The Labute approximate surface area is 150 Å². The van der Waals surface area contributed by atoms with E-state index in [1.807, 2.05) is 0 Å². The van der Waals surface area contributed by atoms with Gasteiger partial charge in [0.1, 0.15) is 0 Å². The van der Waals surface area contributed by atoms with Gasteiger partial charge in [0.25, 0.3) is 0 Å². The van der Waals surface area contributed by atoms with Gasteiger partial charge in [0, 0.05) is 0 Å². The van der Waals surface area contributed by atoms with Gasteiger partial charge in [-0.3, -0.25) is 0 Å². The normalized spacial score (nSPS) is 9.08. The first-order valence-corrected chi connectivity index (χ1v) is 4.38. The van der Waals surface area contributed by atoms with E-state index in [1.54, 1.807) is 0 Å². The molecule has 0 aromatic carbocycles. The molecule has 0 aliphatic carbocycles. The van der Waals surface area contributed by atoms with Crippen molar-refractivity contribution in [1.82, 2.24) is 0 Å². The first-order chi connectivity index (χ1) is 4.00. The van der Waals surface area contributed by atoms with E-state index in [2.05, 4.69) is 0 Å². The molecule has 0 aromatic heterocycles. The van der Waals surface area contributed by atoms with E-state index in [9.17, 15) is 0 Å². The molecule has 0 aliphatic heterocycles. The van der Waals surface area contributed by atoms with E-state index < -0.39 is 15.6 Å². The summed E-state index contributed by atoms with van der Waals surface area (Å²) in [6.45, 7) is 0. The second-order valence-corrected chi connectivity index (χ2v) is 2.68. The van der Waals surface area contributed by atoms with Crippen LogP contribution in [-0.2, 0) is 9.13 Å². The first-order valence-electron chi connectivity index (χ1n) is 1.46. The van der Waals surface area contributed by atoms with E-state index in [4.69, 9.17) is 38.5 Å². The topological polar surface area (TPSA) is 172 Å². The molecule has 0 heterocycles. The molecule has 0 saturated carbocycles. The predicted octanol–water partition coefficient (Wildman–Crippen LogP) is -6.79. The molecule has 8 nitrogen and oxygen atoms in total. The Morgan fingerprint density at radius 1 is 0.615 bits per heavy atom. The number of hydrogen-bond acceptors (Lipinski definition) is 8. The van der Waals surface area contributed by atoms with Gasteiger partial charge in [-0.15, -0.1) is 0 Å². The van der Waals surface area contributed by atoms with Crippen LogP contribution in [0, 0.1) is 0 Å². The Balaban J connectivity index is -0.0000000267. The predicted molar refractivity (Wildman–Crippen MR) is 32.5 cm³/mol. The number of hydrogen-bond donors (Lipinski definition) is 0. The number of rotatable bonds is 0. The van der Waals surface area contributed by atoms with Crippen LogP contribution in [0.3, 0.4) is 0 Å².